The number of sulfonamides is 1. The molecule has 0 radical (unpaired) electrons. The lowest BCUT2D eigenvalue weighted by atomic mass is 9.99. The zero-order valence-electron chi connectivity index (χ0n) is 22.3. The SMILES string of the molecule is N=C(N)N1CCC(Oc2ccc(S(=O)(=O)N(Cc3ccccc3)c3ccc4c(c3)CN(C(=N)N)CC4)cc2)CC1. The zero-order valence-corrected chi connectivity index (χ0v) is 23.1. The van der Waals surface area contributed by atoms with Crippen molar-refractivity contribution in [3.63, 3.8) is 0 Å². The van der Waals surface area contributed by atoms with Gasteiger partial charge in [-0.15, -0.1) is 0 Å². The molecule has 2 aliphatic heterocycles. The second kappa shape index (κ2) is 11.5. The third-order valence-corrected chi connectivity index (χ3v) is 9.29. The average molecular weight is 562 g/mol. The van der Waals surface area contributed by atoms with Gasteiger partial charge in [-0.3, -0.25) is 15.1 Å². The van der Waals surface area contributed by atoms with Crippen LogP contribution >= 0.6 is 0 Å². The maximum absolute atomic E-state index is 14.1. The fourth-order valence-electron chi connectivity index (χ4n) is 5.19. The summed E-state index contributed by atoms with van der Waals surface area (Å²) < 4.78 is 35.7. The van der Waals surface area contributed by atoms with Crippen LogP contribution in [-0.4, -0.2) is 55.9 Å². The van der Waals surface area contributed by atoms with Gasteiger partial charge < -0.3 is 26.0 Å². The number of benzene rings is 3. The number of nitrogens with one attached hydrogen (secondary N) is 2. The van der Waals surface area contributed by atoms with Crippen LogP contribution in [0.3, 0.4) is 0 Å². The molecule has 1 fully saturated rings. The van der Waals surface area contributed by atoms with E-state index in [1.165, 1.54) is 4.31 Å². The Hall–Kier alpha value is -4.25. The van der Waals surface area contributed by atoms with Crippen molar-refractivity contribution in [2.75, 3.05) is 23.9 Å². The summed E-state index contributed by atoms with van der Waals surface area (Å²) in [7, 11) is -3.92. The lowest BCUT2D eigenvalue weighted by Gasteiger charge is -2.32. The maximum atomic E-state index is 14.1. The Labute approximate surface area is 235 Å². The Balaban J connectivity index is 1.40. The van der Waals surface area contributed by atoms with Crippen molar-refractivity contribution in [3.8, 4) is 5.75 Å². The highest BCUT2D eigenvalue weighted by atomic mass is 32.2. The molecular weight excluding hydrogens is 526 g/mol. The van der Waals surface area contributed by atoms with E-state index in [1.54, 1.807) is 29.2 Å². The molecule has 3 aromatic rings. The molecule has 0 amide bonds. The number of nitrogens with zero attached hydrogens (tertiary/aromatic N) is 3. The van der Waals surface area contributed by atoms with Crippen LogP contribution in [0.4, 0.5) is 5.69 Å². The van der Waals surface area contributed by atoms with Gasteiger partial charge in [0.25, 0.3) is 10.0 Å². The Kier molecular flexibility index (Phi) is 7.83. The second-order valence-electron chi connectivity index (χ2n) is 10.2. The minimum atomic E-state index is -3.92. The number of likely N-dealkylation sites (tertiary alicyclic amines) is 1. The van der Waals surface area contributed by atoms with Crippen LogP contribution in [0.5, 0.6) is 5.75 Å². The van der Waals surface area contributed by atoms with Crippen LogP contribution in [0.1, 0.15) is 29.5 Å². The van der Waals surface area contributed by atoms with Gasteiger partial charge in [0.15, 0.2) is 11.9 Å². The molecule has 10 nitrogen and oxygen atoms in total. The lowest BCUT2D eigenvalue weighted by molar-refractivity contribution is 0.130. The van der Waals surface area contributed by atoms with Gasteiger partial charge in [0.05, 0.1) is 17.1 Å². The van der Waals surface area contributed by atoms with E-state index in [2.05, 4.69) is 0 Å². The number of guanidine groups is 2. The first kappa shape index (κ1) is 27.3. The molecule has 0 atom stereocenters. The predicted molar refractivity (Wildman–Crippen MR) is 156 cm³/mol. The van der Waals surface area contributed by atoms with Crippen LogP contribution in [0, 0.1) is 10.8 Å². The molecule has 1 saturated heterocycles. The summed E-state index contributed by atoms with van der Waals surface area (Å²) in [6.07, 6.45) is 2.21. The largest absolute Gasteiger partial charge is 0.490 e. The van der Waals surface area contributed by atoms with Crippen molar-refractivity contribution in [2.24, 2.45) is 11.5 Å². The Morgan fingerprint density at radius 3 is 2.20 bits per heavy atom. The molecule has 0 unspecified atom stereocenters. The van der Waals surface area contributed by atoms with E-state index in [9.17, 15) is 8.42 Å². The zero-order chi connectivity index (χ0) is 28.3. The molecule has 210 valence electrons. The number of piperidine rings is 1. The van der Waals surface area contributed by atoms with E-state index in [0.717, 1.165) is 36.0 Å². The van der Waals surface area contributed by atoms with Gasteiger partial charge in [-0.25, -0.2) is 8.42 Å². The normalized spacial score (nSPS) is 15.8. The first-order chi connectivity index (χ1) is 19.2. The number of anilines is 1. The Morgan fingerprint density at radius 2 is 1.55 bits per heavy atom. The van der Waals surface area contributed by atoms with Gasteiger partial charge in [0.2, 0.25) is 0 Å². The van der Waals surface area contributed by atoms with Crippen LogP contribution in [0.2, 0.25) is 0 Å². The smallest absolute Gasteiger partial charge is 0.264 e. The van der Waals surface area contributed by atoms with Crippen LogP contribution in [-0.2, 0) is 29.5 Å². The van der Waals surface area contributed by atoms with E-state index < -0.39 is 10.0 Å². The van der Waals surface area contributed by atoms with Crippen molar-refractivity contribution in [2.45, 2.75) is 43.4 Å². The first-order valence-electron chi connectivity index (χ1n) is 13.3. The van der Waals surface area contributed by atoms with Gasteiger partial charge in [-0.2, -0.15) is 0 Å². The standard InChI is InChI=1S/C29H35N7O3S/c30-28(31)34-16-13-26(14-17-34)39-25-8-10-27(11-9-25)40(37,38)36(19-21-4-2-1-3-5-21)24-7-6-22-12-15-35(29(32)33)20-23(22)18-24/h1-11,18,26H,12-17,19-20H2,(H3,30,31)(H3,32,33). The highest BCUT2D eigenvalue weighted by Gasteiger charge is 2.28. The average Bonchev–Trinajstić information content (AvgIpc) is 2.96. The van der Waals surface area contributed by atoms with Gasteiger partial charge >= 0.3 is 0 Å². The van der Waals surface area contributed by atoms with Crippen molar-refractivity contribution in [3.05, 3.63) is 89.5 Å². The highest BCUT2D eigenvalue weighted by molar-refractivity contribution is 7.92. The Morgan fingerprint density at radius 1 is 0.875 bits per heavy atom. The van der Waals surface area contributed by atoms with Gasteiger partial charge in [-0.1, -0.05) is 36.4 Å². The van der Waals surface area contributed by atoms with Crippen molar-refractivity contribution in [1.82, 2.24) is 9.80 Å². The van der Waals surface area contributed by atoms with E-state index in [0.29, 0.717) is 37.6 Å². The quantitative estimate of drug-likeness (QED) is 0.255. The maximum Gasteiger partial charge on any atom is 0.264 e. The second-order valence-corrected chi connectivity index (χ2v) is 12.0. The van der Waals surface area contributed by atoms with Gasteiger partial charge in [-0.05, 0) is 59.5 Å². The molecule has 2 aliphatic rings. The fourth-order valence-corrected chi connectivity index (χ4v) is 6.64. The minimum Gasteiger partial charge on any atom is -0.490 e. The third kappa shape index (κ3) is 5.99. The summed E-state index contributed by atoms with van der Waals surface area (Å²) in [6, 6.07) is 21.8. The molecule has 5 rings (SSSR count). The first-order valence-corrected chi connectivity index (χ1v) is 14.8. The highest BCUT2D eigenvalue weighted by Crippen LogP contribution is 2.31. The van der Waals surface area contributed by atoms with Gasteiger partial charge in [0.1, 0.15) is 11.9 Å². The molecule has 40 heavy (non-hydrogen) atoms. The summed E-state index contributed by atoms with van der Waals surface area (Å²) >= 11 is 0. The number of hydrogen-bond donors (Lipinski definition) is 4. The van der Waals surface area contributed by atoms with E-state index in [-0.39, 0.29) is 29.5 Å². The molecule has 0 spiro atoms. The fraction of sp³-hybridized carbons (Fsp3) is 0.310. The van der Waals surface area contributed by atoms with E-state index in [4.69, 9.17) is 27.0 Å². The van der Waals surface area contributed by atoms with Crippen molar-refractivity contribution >= 4 is 27.6 Å². The molecule has 0 saturated carbocycles. The number of hydrogen-bond acceptors (Lipinski definition) is 5. The van der Waals surface area contributed by atoms with E-state index in [1.807, 2.05) is 53.4 Å². The van der Waals surface area contributed by atoms with Crippen LogP contribution in [0.25, 0.3) is 0 Å². The van der Waals surface area contributed by atoms with Crippen LogP contribution in [0.15, 0.2) is 77.7 Å². The molecule has 0 bridgehead atoms. The molecular formula is C29H35N7O3S. The summed E-state index contributed by atoms with van der Waals surface area (Å²) in [6.45, 7) is 2.62. The molecule has 0 aliphatic carbocycles. The molecule has 2 heterocycles. The Bertz CT molecular complexity index is 1470. The molecule has 0 aromatic heterocycles. The molecule has 11 heteroatoms. The summed E-state index contributed by atoms with van der Waals surface area (Å²) in [5, 5.41) is 15.4. The number of nitrogens with two attached hydrogens (primary N) is 2. The number of fused-ring (bicyclic) bond motifs is 1. The van der Waals surface area contributed by atoms with Crippen molar-refractivity contribution < 1.29 is 13.2 Å². The summed E-state index contributed by atoms with van der Waals surface area (Å²) in [5.41, 5.74) is 14.8. The lowest BCUT2D eigenvalue weighted by Crippen LogP contribution is -2.44. The molecule has 6 N–H and O–H groups in total. The van der Waals surface area contributed by atoms with Crippen LogP contribution < -0.4 is 20.5 Å². The summed E-state index contributed by atoms with van der Waals surface area (Å²) in [4.78, 5) is 3.77. The van der Waals surface area contributed by atoms with Gasteiger partial charge in [0, 0.05) is 39.0 Å². The predicted octanol–water partition coefficient (Wildman–Crippen LogP) is 3.07. The summed E-state index contributed by atoms with van der Waals surface area (Å²) in [5.74, 6) is 0.688. The topological polar surface area (TPSA) is 153 Å². The third-order valence-electron chi connectivity index (χ3n) is 7.50. The van der Waals surface area contributed by atoms with E-state index >= 15 is 0 Å². The minimum absolute atomic E-state index is 0.0107. The number of ether oxygens (including phenoxy) is 1. The van der Waals surface area contributed by atoms with Crippen molar-refractivity contribution in [1.29, 1.82) is 10.8 Å². The monoisotopic (exact) mass is 561 g/mol. The molecule has 3 aromatic carbocycles. The number of rotatable bonds is 7.